The van der Waals surface area contributed by atoms with Crippen molar-refractivity contribution in [1.29, 1.82) is 0 Å². The molecule has 2 aliphatic carbocycles. The molecule has 0 bridgehead atoms. The molecule has 0 nitrogen and oxygen atoms in total. The van der Waals surface area contributed by atoms with Gasteiger partial charge in [0.1, 0.15) is 0 Å². The van der Waals surface area contributed by atoms with Crippen molar-refractivity contribution in [2.75, 3.05) is 0 Å². The van der Waals surface area contributed by atoms with Crippen LogP contribution in [0.15, 0.2) is 18.2 Å². The topological polar surface area (TPSA) is 0 Å². The van der Waals surface area contributed by atoms with Crippen molar-refractivity contribution in [1.82, 2.24) is 0 Å². The smallest absolute Gasteiger partial charge is 0.147 e. The Balaban J connectivity index is 0.000000902. The summed E-state index contributed by atoms with van der Waals surface area (Å²) in [6, 6.07) is 5.03. The van der Waals surface area contributed by atoms with E-state index in [1.807, 2.05) is 0 Å². The monoisotopic (exact) mass is 373 g/mol. The molecule has 3 rings (SSSR count). The molecule has 1 aromatic carbocycles. The molecule has 0 amide bonds. The van der Waals surface area contributed by atoms with E-state index in [1.54, 1.807) is 52.5 Å². The number of halogens is 2. The van der Waals surface area contributed by atoms with Crippen molar-refractivity contribution in [3.63, 3.8) is 0 Å². The van der Waals surface area contributed by atoms with Gasteiger partial charge in [-0.15, -0.1) is 24.8 Å². The third-order valence-corrected chi connectivity index (χ3v) is 5.57. The van der Waals surface area contributed by atoms with Crippen molar-refractivity contribution in [3.05, 3.63) is 40.5 Å². The third kappa shape index (κ3) is 3.04. The Morgan fingerprint density at radius 1 is 1.21 bits per heavy atom. The first kappa shape index (κ1) is 17.5. The Labute approximate surface area is 144 Å². The maximum atomic E-state index is 2.53. The third-order valence-electron chi connectivity index (χ3n) is 4.40. The van der Waals surface area contributed by atoms with Gasteiger partial charge in [-0.3, -0.25) is 0 Å². The molecular weight excluding hydrogens is 354 g/mol. The van der Waals surface area contributed by atoms with Gasteiger partial charge in [0.25, 0.3) is 0 Å². The molecule has 19 heavy (non-hydrogen) atoms. The minimum Gasteiger partial charge on any atom is -0.147 e. The van der Waals surface area contributed by atoms with E-state index in [4.69, 9.17) is 0 Å². The van der Waals surface area contributed by atoms with Crippen molar-refractivity contribution >= 4 is 30.4 Å². The number of aryl methyl sites for hydroxylation is 2. The Morgan fingerprint density at radius 2 is 1.84 bits per heavy atom. The van der Waals surface area contributed by atoms with E-state index in [-0.39, 0.29) is 24.8 Å². The quantitative estimate of drug-likeness (QED) is 0.679. The summed E-state index contributed by atoms with van der Waals surface area (Å²) in [6.45, 7) is 4.67. The fourth-order valence-electron chi connectivity index (χ4n) is 3.16. The molecule has 0 aliphatic heterocycles. The van der Waals surface area contributed by atoms with Gasteiger partial charge in [0.05, 0.1) is 0 Å². The predicted octanol–water partition coefficient (Wildman–Crippen LogP) is 5.05. The van der Waals surface area contributed by atoms with Crippen LogP contribution in [0.2, 0.25) is 0 Å². The van der Waals surface area contributed by atoms with Gasteiger partial charge < -0.3 is 0 Å². The van der Waals surface area contributed by atoms with Crippen molar-refractivity contribution in [3.8, 4) is 0 Å². The van der Waals surface area contributed by atoms with Crippen molar-refractivity contribution in [2.45, 2.75) is 43.2 Å². The maximum absolute atomic E-state index is 2.53. The molecule has 0 aromatic heterocycles. The van der Waals surface area contributed by atoms with Crippen LogP contribution in [-0.2, 0) is 37.6 Å². The summed E-state index contributed by atoms with van der Waals surface area (Å²) in [4.78, 5) is 0. The van der Waals surface area contributed by atoms with Gasteiger partial charge in [-0.2, -0.15) is 0 Å². The zero-order chi connectivity index (χ0) is 12.0. The van der Waals surface area contributed by atoms with Crippen LogP contribution in [0, 0.1) is 5.92 Å². The van der Waals surface area contributed by atoms with Gasteiger partial charge in [-0.25, -0.2) is 0 Å². The Kier molecular flexibility index (Phi) is 6.37. The Bertz CT molecular complexity index is 494. The molecule has 0 saturated carbocycles. The van der Waals surface area contributed by atoms with Crippen molar-refractivity contribution in [2.24, 2.45) is 5.92 Å². The van der Waals surface area contributed by atoms with Crippen LogP contribution in [0.1, 0.15) is 52.6 Å². The molecule has 0 N–H and O–H groups in total. The minimum atomic E-state index is 0. The van der Waals surface area contributed by atoms with E-state index in [9.17, 15) is 0 Å². The summed E-state index contributed by atoms with van der Waals surface area (Å²) < 4.78 is 0.715. The number of allylic oxidation sites excluding steroid dienone is 2. The number of fused-ring (bicyclic) bond motifs is 2. The summed E-state index contributed by atoms with van der Waals surface area (Å²) >= 11 is 1.64. The second kappa shape index (κ2) is 6.92. The van der Waals surface area contributed by atoms with Crippen LogP contribution in [0.4, 0.5) is 0 Å². The van der Waals surface area contributed by atoms with Gasteiger partial charge in [0.2, 0.25) is 0 Å². The van der Waals surface area contributed by atoms with Crippen LogP contribution in [0.25, 0.3) is 5.57 Å². The van der Waals surface area contributed by atoms with Gasteiger partial charge in [0, 0.05) is 0 Å². The van der Waals surface area contributed by atoms with E-state index < -0.39 is 0 Å². The van der Waals surface area contributed by atoms with Gasteiger partial charge in [-0.1, -0.05) is 0 Å². The maximum Gasteiger partial charge on any atom is -0.147 e. The zero-order valence-electron chi connectivity index (χ0n) is 11.5. The summed E-state index contributed by atoms with van der Waals surface area (Å²) in [6.07, 6.45) is 7.77. The SMILES string of the molecule is CCC(C)C1=C[CH]([Zr])c2cc3c(cc21)CCC3.Cl.Cl. The molecule has 0 radical (unpaired) electrons. The normalized spacial score (nSPS) is 20.7. The second-order valence-corrected chi connectivity index (χ2v) is 7.00. The molecule has 2 atom stereocenters. The summed E-state index contributed by atoms with van der Waals surface area (Å²) in [7, 11) is 0. The average Bonchev–Trinajstić information content (AvgIpc) is 2.91. The molecule has 0 saturated heterocycles. The fraction of sp³-hybridized carbons (Fsp3) is 0.500. The van der Waals surface area contributed by atoms with Gasteiger partial charge in [0.15, 0.2) is 0 Å². The van der Waals surface area contributed by atoms with Crippen LogP contribution in [0.3, 0.4) is 0 Å². The van der Waals surface area contributed by atoms with Crippen LogP contribution in [0.5, 0.6) is 0 Å². The predicted molar refractivity (Wildman–Crippen MR) is 83.1 cm³/mol. The molecule has 0 heterocycles. The number of benzene rings is 1. The molecule has 2 aliphatic rings. The Hall–Kier alpha value is 0.423. The average molecular weight is 375 g/mol. The van der Waals surface area contributed by atoms with E-state index in [0.717, 1.165) is 5.92 Å². The first-order valence-electron chi connectivity index (χ1n) is 6.79. The number of hydrogen-bond donors (Lipinski definition) is 0. The second-order valence-electron chi connectivity index (χ2n) is 5.47. The molecule has 103 valence electrons. The molecule has 3 heteroatoms. The van der Waals surface area contributed by atoms with E-state index in [2.05, 4.69) is 32.1 Å². The minimum absolute atomic E-state index is 0. The standard InChI is InChI=1S/C16H19.2ClH.Zr/c1-3-11(2)15-8-7-14-9-12-5-4-6-13(12)10-16(14)15;;;/h7-11H,3-6H2,1-2H3;2*1H;. The molecular formula is C16H21Cl2Zr. The van der Waals surface area contributed by atoms with E-state index >= 15 is 0 Å². The van der Waals surface area contributed by atoms with Gasteiger partial charge in [-0.05, 0) is 0 Å². The molecule has 1 aromatic rings. The first-order valence-corrected chi connectivity index (χ1v) is 8.21. The van der Waals surface area contributed by atoms with E-state index in [0.29, 0.717) is 3.63 Å². The molecule has 0 fully saturated rings. The van der Waals surface area contributed by atoms with Crippen LogP contribution >= 0.6 is 24.8 Å². The Morgan fingerprint density at radius 3 is 2.47 bits per heavy atom. The largest absolute Gasteiger partial charge is 0.147 e. The van der Waals surface area contributed by atoms with E-state index in [1.165, 1.54) is 25.7 Å². The number of hydrogen-bond acceptors (Lipinski definition) is 0. The summed E-state index contributed by atoms with van der Waals surface area (Å²) in [5.41, 5.74) is 8.10. The van der Waals surface area contributed by atoms with Crippen molar-refractivity contribution < 1.29 is 24.7 Å². The van der Waals surface area contributed by atoms with Gasteiger partial charge >= 0.3 is 120 Å². The molecule has 2 unspecified atom stereocenters. The first-order chi connectivity index (χ1) is 8.20. The molecule has 0 spiro atoms. The summed E-state index contributed by atoms with van der Waals surface area (Å²) in [5, 5.41) is 0. The number of rotatable bonds is 2. The summed E-state index contributed by atoms with van der Waals surface area (Å²) in [5.74, 6) is 0.721. The van der Waals surface area contributed by atoms with Crippen LogP contribution in [-0.4, -0.2) is 0 Å². The van der Waals surface area contributed by atoms with Crippen LogP contribution < -0.4 is 0 Å². The zero-order valence-corrected chi connectivity index (χ0v) is 15.6. The fourth-order valence-corrected chi connectivity index (χ4v) is 4.19.